The zero-order chi connectivity index (χ0) is 8.69. The van der Waals surface area contributed by atoms with Gasteiger partial charge in [-0.2, -0.15) is 0 Å². The van der Waals surface area contributed by atoms with E-state index in [4.69, 9.17) is 10.5 Å². The number of halogens is 1. The van der Waals surface area contributed by atoms with Crippen LogP contribution in [0.2, 0.25) is 0 Å². The number of esters is 1. The summed E-state index contributed by atoms with van der Waals surface area (Å²) in [5.41, 5.74) is 5.10. The smallest absolute Gasteiger partial charge is 0.375 e. The molecule has 12 heavy (non-hydrogen) atoms. The van der Waals surface area contributed by atoms with Crippen LogP contribution in [-0.4, -0.2) is 19.2 Å². The fourth-order valence-electron chi connectivity index (χ4n) is 0.533. The fourth-order valence-corrected chi connectivity index (χ4v) is 0.533. The average molecular weight is 196 g/mol. The lowest BCUT2D eigenvalue weighted by molar-refractivity contribution is -0.142. The van der Waals surface area contributed by atoms with Crippen LogP contribution in [0.4, 0.5) is 0 Å². The molecule has 0 atom stereocenters. The van der Waals surface area contributed by atoms with E-state index in [1.165, 1.54) is 0 Å². The van der Waals surface area contributed by atoms with Gasteiger partial charge in [-0.15, -0.1) is 12.4 Å². The van der Waals surface area contributed by atoms with Gasteiger partial charge >= 0.3 is 5.97 Å². The van der Waals surface area contributed by atoms with Gasteiger partial charge in [-0.3, -0.25) is 0 Å². The third-order valence-corrected chi connectivity index (χ3v) is 0.928. The summed E-state index contributed by atoms with van der Waals surface area (Å²) >= 11 is 0. The van der Waals surface area contributed by atoms with Crippen molar-refractivity contribution < 1.29 is 14.3 Å². The van der Waals surface area contributed by atoms with Crippen LogP contribution in [0, 0.1) is 0 Å². The molecule has 0 heterocycles. The van der Waals surface area contributed by atoms with Crippen LogP contribution >= 0.6 is 12.4 Å². The Kier molecular flexibility index (Phi) is 9.34. The summed E-state index contributed by atoms with van der Waals surface area (Å²) < 4.78 is 9.50. The summed E-state index contributed by atoms with van der Waals surface area (Å²) in [5.74, 6) is -0.453. The third-order valence-electron chi connectivity index (χ3n) is 0.928. The highest BCUT2D eigenvalue weighted by Gasteiger charge is 2.09. The maximum Gasteiger partial charge on any atom is 0.375 e. The molecular weight excluding hydrogens is 182 g/mol. The molecule has 5 heteroatoms. The van der Waals surface area contributed by atoms with Gasteiger partial charge < -0.3 is 15.2 Å². The monoisotopic (exact) mass is 195 g/mol. The first-order valence-electron chi connectivity index (χ1n) is 3.48. The first kappa shape index (κ1) is 13.7. The van der Waals surface area contributed by atoms with Crippen molar-refractivity contribution in [1.29, 1.82) is 0 Å². The summed E-state index contributed by atoms with van der Waals surface area (Å²) in [7, 11) is 0. The summed E-state index contributed by atoms with van der Waals surface area (Å²) in [6, 6.07) is 0. The molecule has 0 bridgehead atoms. The molecular formula is C7H14ClNO3. The van der Waals surface area contributed by atoms with E-state index in [9.17, 15) is 4.79 Å². The predicted molar refractivity (Wildman–Crippen MR) is 47.8 cm³/mol. The van der Waals surface area contributed by atoms with Crippen LogP contribution in [0.15, 0.2) is 12.0 Å². The highest BCUT2D eigenvalue weighted by Crippen LogP contribution is 1.97. The lowest BCUT2D eigenvalue weighted by Gasteiger charge is -2.05. The van der Waals surface area contributed by atoms with Gasteiger partial charge in [-0.05, 0) is 13.8 Å². The van der Waals surface area contributed by atoms with Gasteiger partial charge in [0.1, 0.15) is 0 Å². The van der Waals surface area contributed by atoms with E-state index in [1.54, 1.807) is 13.8 Å². The highest BCUT2D eigenvalue weighted by atomic mass is 35.5. The lowest BCUT2D eigenvalue weighted by Crippen LogP contribution is -2.12. The van der Waals surface area contributed by atoms with E-state index in [-0.39, 0.29) is 18.2 Å². The molecule has 0 aliphatic heterocycles. The predicted octanol–water partition coefficient (Wildman–Crippen LogP) is 0.808. The number of carbonyl (C=O) groups is 1. The van der Waals surface area contributed by atoms with Crippen molar-refractivity contribution in [3.05, 3.63) is 12.0 Å². The number of hydrogen-bond acceptors (Lipinski definition) is 4. The summed E-state index contributed by atoms with van der Waals surface area (Å²) in [4.78, 5) is 10.9. The van der Waals surface area contributed by atoms with E-state index in [1.807, 2.05) is 0 Å². The van der Waals surface area contributed by atoms with Crippen molar-refractivity contribution in [3.63, 3.8) is 0 Å². The second-order valence-electron chi connectivity index (χ2n) is 1.68. The van der Waals surface area contributed by atoms with Crippen molar-refractivity contribution in [1.82, 2.24) is 0 Å². The molecule has 0 aromatic rings. The molecule has 0 fully saturated rings. The molecule has 2 N–H and O–H groups in total. The topological polar surface area (TPSA) is 61.5 Å². The minimum atomic E-state index is -0.517. The molecule has 4 nitrogen and oxygen atoms in total. The van der Waals surface area contributed by atoms with Crippen LogP contribution in [0.1, 0.15) is 13.8 Å². The van der Waals surface area contributed by atoms with Crippen LogP contribution in [0.5, 0.6) is 0 Å². The second-order valence-corrected chi connectivity index (χ2v) is 1.68. The van der Waals surface area contributed by atoms with Crippen LogP contribution < -0.4 is 5.73 Å². The molecule has 0 saturated carbocycles. The average Bonchev–Trinajstić information content (AvgIpc) is 2.00. The summed E-state index contributed by atoms with van der Waals surface area (Å²) in [5, 5.41) is 0. The largest absolute Gasteiger partial charge is 0.486 e. The second kappa shape index (κ2) is 8.20. The Bertz CT molecular complexity index is 159. The first-order chi connectivity index (χ1) is 5.26. The highest BCUT2D eigenvalue weighted by molar-refractivity contribution is 5.86. The zero-order valence-electron chi connectivity index (χ0n) is 7.20. The van der Waals surface area contributed by atoms with Gasteiger partial charge in [0.15, 0.2) is 0 Å². The molecule has 0 amide bonds. The Labute approximate surface area is 78.1 Å². The van der Waals surface area contributed by atoms with Gasteiger partial charge in [0.05, 0.1) is 13.2 Å². The van der Waals surface area contributed by atoms with Gasteiger partial charge in [0.2, 0.25) is 5.76 Å². The maximum atomic E-state index is 10.9. The minimum Gasteiger partial charge on any atom is -0.486 e. The Morgan fingerprint density at radius 2 is 1.83 bits per heavy atom. The van der Waals surface area contributed by atoms with E-state index < -0.39 is 5.97 Å². The van der Waals surface area contributed by atoms with Gasteiger partial charge in [0, 0.05) is 6.20 Å². The third kappa shape index (κ3) is 4.85. The van der Waals surface area contributed by atoms with Crippen molar-refractivity contribution in [2.45, 2.75) is 13.8 Å². The fraction of sp³-hybridized carbons (Fsp3) is 0.571. The van der Waals surface area contributed by atoms with Gasteiger partial charge in [-0.1, -0.05) is 0 Å². The molecule has 0 unspecified atom stereocenters. The van der Waals surface area contributed by atoms with Crippen molar-refractivity contribution in [3.8, 4) is 0 Å². The van der Waals surface area contributed by atoms with Crippen LogP contribution in [-0.2, 0) is 14.3 Å². The SMILES string of the molecule is CCOC(=O)C(=CN)OCC.Cl. The van der Waals surface area contributed by atoms with Crippen molar-refractivity contribution in [2.24, 2.45) is 5.73 Å². The summed E-state index contributed by atoms with van der Waals surface area (Å²) in [6.45, 7) is 4.21. The maximum absolute atomic E-state index is 10.9. The molecule has 0 radical (unpaired) electrons. The van der Waals surface area contributed by atoms with E-state index in [0.717, 1.165) is 6.20 Å². The number of nitrogens with two attached hydrogens (primary N) is 1. The summed E-state index contributed by atoms with van der Waals surface area (Å²) in [6.07, 6.45) is 1.10. The van der Waals surface area contributed by atoms with Crippen molar-refractivity contribution in [2.75, 3.05) is 13.2 Å². The number of hydrogen-bond donors (Lipinski definition) is 1. The normalized spacial score (nSPS) is 10.0. The van der Waals surface area contributed by atoms with E-state index >= 15 is 0 Å². The standard InChI is InChI=1S/C7H13NO3.ClH/c1-3-10-6(5-8)7(9)11-4-2;/h5H,3-4,8H2,1-2H3;1H. The Morgan fingerprint density at radius 3 is 2.17 bits per heavy atom. The quantitative estimate of drug-likeness (QED) is 0.410. The molecule has 0 rings (SSSR count). The zero-order valence-corrected chi connectivity index (χ0v) is 8.02. The van der Waals surface area contributed by atoms with Crippen LogP contribution in [0.25, 0.3) is 0 Å². The first-order valence-corrected chi connectivity index (χ1v) is 3.48. The van der Waals surface area contributed by atoms with E-state index in [0.29, 0.717) is 13.2 Å². The van der Waals surface area contributed by atoms with E-state index in [2.05, 4.69) is 4.74 Å². The molecule has 0 aliphatic rings. The molecule has 0 aromatic heterocycles. The molecule has 0 saturated heterocycles. The minimum absolute atomic E-state index is 0. The van der Waals surface area contributed by atoms with Crippen LogP contribution in [0.3, 0.4) is 0 Å². The molecule has 0 aromatic carbocycles. The van der Waals surface area contributed by atoms with Crippen molar-refractivity contribution >= 4 is 18.4 Å². The van der Waals surface area contributed by atoms with Gasteiger partial charge in [-0.25, -0.2) is 4.79 Å². The number of ether oxygens (including phenoxy) is 2. The molecule has 0 spiro atoms. The Hall–Kier alpha value is -0.900. The van der Waals surface area contributed by atoms with Gasteiger partial charge in [0.25, 0.3) is 0 Å². The lowest BCUT2D eigenvalue weighted by atomic mass is 10.5. The number of rotatable bonds is 4. The number of carbonyl (C=O) groups excluding carboxylic acids is 1. The molecule has 0 aliphatic carbocycles. The Morgan fingerprint density at radius 1 is 1.33 bits per heavy atom. The Balaban J connectivity index is 0. The molecule has 72 valence electrons.